The first-order valence-corrected chi connectivity index (χ1v) is 8.53. The molecule has 1 atom stereocenters. The number of hydrogen-bond acceptors (Lipinski definition) is 4. The van der Waals surface area contributed by atoms with Crippen LogP contribution in [0.1, 0.15) is 26.0 Å². The Kier molecular flexibility index (Phi) is 6.94. The standard InChI is InChI=1S/C18H25N3O4/c1-3-25-10-6-9-21(12-13(2)18(23)24)17(22)11-16-14-7-4-5-8-15(14)19-20-16/h4-5,7-8,13H,3,6,9-12H2,1-2H3,(H,19,20)(H,23,24). The second kappa shape index (κ2) is 9.17. The first kappa shape index (κ1) is 18.9. The van der Waals surface area contributed by atoms with Gasteiger partial charge in [0, 0.05) is 31.7 Å². The number of amides is 1. The summed E-state index contributed by atoms with van der Waals surface area (Å²) in [4.78, 5) is 25.5. The third kappa shape index (κ3) is 5.29. The van der Waals surface area contributed by atoms with E-state index < -0.39 is 11.9 Å². The molecule has 0 radical (unpaired) electrons. The molecule has 0 saturated carbocycles. The zero-order valence-electron chi connectivity index (χ0n) is 14.7. The van der Waals surface area contributed by atoms with Gasteiger partial charge in [0.1, 0.15) is 0 Å². The Bertz CT molecular complexity index is 713. The highest BCUT2D eigenvalue weighted by Crippen LogP contribution is 2.16. The molecule has 2 N–H and O–H groups in total. The zero-order valence-corrected chi connectivity index (χ0v) is 14.7. The molecule has 1 amide bonds. The van der Waals surface area contributed by atoms with E-state index in [-0.39, 0.29) is 18.9 Å². The van der Waals surface area contributed by atoms with Gasteiger partial charge in [-0.2, -0.15) is 5.10 Å². The van der Waals surface area contributed by atoms with E-state index in [4.69, 9.17) is 9.84 Å². The molecule has 1 aromatic heterocycles. The van der Waals surface area contributed by atoms with E-state index in [2.05, 4.69) is 10.2 Å². The smallest absolute Gasteiger partial charge is 0.308 e. The summed E-state index contributed by atoms with van der Waals surface area (Å²) in [6.45, 7) is 5.36. The summed E-state index contributed by atoms with van der Waals surface area (Å²) in [7, 11) is 0. The Morgan fingerprint density at radius 2 is 2.12 bits per heavy atom. The Labute approximate surface area is 147 Å². The van der Waals surface area contributed by atoms with Crippen LogP contribution >= 0.6 is 0 Å². The third-order valence-electron chi connectivity index (χ3n) is 4.06. The van der Waals surface area contributed by atoms with E-state index in [1.54, 1.807) is 11.8 Å². The fourth-order valence-electron chi connectivity index (χ4n) is 2.64. The zero-order chi connectivity index (χ0) is 18.2. The summed E-state index contributed by atoms with van der Waals surface area (Å²) < 4.78 is 5.31. The Morgan fingerprint density at radius 1 is 1.36 bits per heavy atom. The second-order valence-corrected chi connectivity index (χ2v) is 6.03. The molecule has 0 aliphatic carbocycles. The molecule has 0 aliphatic rings. The number of H-pyrrole nitrogens is 1. The highest BCUT2D eigenvalue weighted by atomic mass is 16.5. The van der Waals surface area contributed by atoms with Crippen molar-refractivity contribution >= 4 is 22.8 Å². The molecule has 25 heavy (non-hydrogen) atoms. The molecule has 2 rings (SSSR count). The first-order chi connectivity index (χ1) is 12.0. The van der Waals surface area contributed by atoms with Crippen molar-refractivity contribution in [3.63, 3.8) is 0 Å². The number of aromatic amines is 1. The molecule has 7 nitrogen and oxygen atoms in total. The Hall–Kier alpha value is -2.41. The van der Waals surface area contributed by atoms with Crippen LogP contribution in [-0.2, 0) is 20.7 Å². The van der Waals surface area contributed by atoms with Gasteiger partial charge in [-0.1, -0.05) is 25.1 Å². The fraction of sp³-hybridized carbons (Fsp3) is 0.500. The van der Waals surface area contributed by atoms with E-state index in [0.29, 0.717) is 26.2 Å². The number of carboxylic acids is 1. The number of aromatic nitrogens is 2. The predicted molar refractivity (Wildman–Crippen MR) is 94.3 cm³/mol. The maximum Gasteiger partial charge on any atom is 0.308 e. The van der Waals surface area contributed by atoms with Crippen LogP contribution in [0.2, 0.25) is 0 Å². The van der Waals surface area contributed by atoms with Crippen LogP contribution in [0.4, 0.5) is 0 Å². The van der Waals surface area contributed by atoms with Gasteiger partial charge in [0.2, 0.25) is 5.91 Å². The maximum absolute atomic E-state index is 12.7. The van der Waals surface area contributed by atoms with Crippen LogP contribution in [-0.4, -0.2) is 58.4 Å². The molecule has 2 aromatic rings. The topological polar surface area (TPSA) is 95.5 Å². The van der Waals surface area contributed by atoms with Crippen LogP contribution in [0.15, 0.2) is 24.3 Å². The van der Waals surface area contributed by atoms with E-state index >= 15 is 0 Å². The molecular weight excluding hydrogens is 322 g/mol. The lowest BCUT2D eigenvalue weighted by Gasteiger charge is -2.24. The molecule has 136 valence electrons. The number of nitrogens with one attached hydrogen (secondary N) is 1. The molecule has 1 heterocycles. The van der Waals surface area contributed by atoms with Crippen LogP contribution < -0.4 is 0 Å². The molecule has 0 bridgehead atoms. The summed E-state index contributed by atoms with van der Waals surface area (Å²) in [5.74, 6) is -1.64. The summed E-state index contributed by atoms with van der Waals surface area (Å²) in [5, 5.41) is 17.2. The van der Waals surface area contributed by atoms with E-state index in [0.717, 1.165) is 16.6 Å². The van der Waals surface area contributed by atoms with Gasteiger partial charge in [-0.05, 0) is 19.4 Å². The number of carbonyl (C=O) groups is 2. The maximum atomic E-state index is 12.7. The van der Waals surface area contributed by atoms with E-state index in [1.165, 1.54) is 0 Å². The minimum absolute atomic E-state index is 0.112. The number of para-hydroxylation sites is 1. The van der Waals surface area contributed by atoms with Crippen molar-refractivity contribution in [2.24, 2.45) is 5.92 Å². The average Bonchev–Trinajstić information content (AvgIpc) is 3.00. The van der Waals surface area contributed by atoms with E-state index in [1.807, 2.05) is 31.2 Å². The second-order valence-electron chi connectivity index (χ2n) is 6.03. The van der Waals surface area contributed by atoms with Crippen LogP contribution in [0.3, 0.4) is 0 Å². The number of aliphatic carboxylic acids is 1. The normalized spacial score (nSPS) is 12.2. The van der Waals surface area contributed by atoms with Crippen molar-refractivity contribution < 1.29 is 19.4 Å². The van der Waals surface area contributed by atoms with Crippen molar-refractivity contribution in [3.8, 4) is 0 Å². The average molecular weight is 347 g/mol. The highest BCUT2D eigenvalue weighted by molar-refractivity contribution is 5.87. The molecule has 7 heteroatoms. The van der Waals surface area contributed by atoms with Crippen molar-refractivity contribution in [1.29, 1.82) is 0 Å². The molecular formula is C18H25N3O4. The number of rotatable bonds is 10. The summed E-state index contributed by atoms with van der Waals surface area (Å²) in [5.41, 5.74) is 1.56. The summed E-state index contributed by atoms with van der Waals surface area (Å²) in [6.07, 6.45) is 0.844. The third-order valence-corrected chi connectivity index (χ3v) is 4.06. The number of fused-ring (bicyclic) bond motifs is 1. The van der Waals surface area contributed by atoms with Gasteiger partial charge in [-0.25, -0.2) is 0 Å². The largest absolute Gasteiger partial charge is 0.481 e. The lowest BCUT2D eigenvalue weighted by atomic mass is 10.1. The Balaban J connectivity index is 2.06. The van der Waals surface area contributed by atoms with Crippen LogP contribution in [0.5, 0.6) is 0 Å². The quantitative estimate of drug-likeness (QED) is 0.642. The number of hydrogen-bond donors (Lipinski definition) is 2. The van der Waals surface area contributed by atoms with Crippen LogP contribution in [0.25, 0.3) is 10.9 Å². The fourth-order valence-corrected chi connectivity index (χ4v) is 2.64. The SMILES string of the molecule is CCOCCCN(CC(C)C(=O)O)C(=O)Cc1[nH]nc2ccccc12. The number of ether oxygens (including phenoxy) is 1. The summed E-state index contributed by atoms with van der Waals surface area (Å²) in [6, 6.07) is 7.59. The minimum atomic E-state index is -0.908. The van der Waals surface area contributed by atoms with Crippen LogP contribution in [0, 0.1) is 5.92 Å². The number of carbonyl (C=O) groups excluding carboxylic acids is 1. The van der Waals surface area contributed by atoms with Gasteiger partial charge in [-0.15, -0.1) is 0 Å². The minimum Gasteiger partial charge on any atom is -0.481 e. The highest BCUT2D eigenvalue weighted by Gasteiger charge is 2.21. The molecule has 1 unspecified atom stereocenters. The van der Waals surface area contributed by atoms with E-state index in [9.17, 15) is 9.59 Å². The van der Waals surface area contributed by atoms with Gasteiger partial charge >= 0.3 is 5.97 Å². The molecule has 0 fully saturated rings. The lowest BCUT2D eigenvalue weighted by Crippen LogP contribution is -2.39. The molecule has 1 aromatic carbocycles. The van der Waals surface area contributed by atoms with Crippen molar-refractivity contribution in [1.82, 2.24) is 15.1 Å². The first-order valence-electron chi connectivity index (χ1n) is 8.53. The molecule has 0 saturated heterocycles. The molecule has 0 aliphatic heterocycles. The number of carboxylic acid groups (broad SMARTS) is 1. The lowest BCUT2D eigenvalue weighted by molar-refractivity contribution is -0.143. The number of benzene rings is 1. The van der Waals surface area contributed by atoms with Crippen molar-refractivity contribution in [2.75, 3.05) is 26.3 Å². The van der Waals surface area contributed by atoms with Crippen molar-refractivity contribution in [3.05, 3.63) is 30.0 Å². The van der Waals surface area contributed by atoms with Gasteiger partial charge in [0.25, 0.3) is 0 Å². The van der Waals surface area contributed by atoms with Gasteiger partial charge < -0.3 is 14.7 Å². The number of nitrogens with zero attached hydrogens (tertiary/aromatic N) is 2. The predicted octanol–water partition coefficient (Wildman–Crippen LogP) is 2.08. The Morgan fingerprint density at radius 3 is 2.84 bits per heavy atom. The monoisotopic (exact) mass is 347 g/mol. The van der Waals surface area contributed by atoms with Gasteiger partial charge in [0.05, 0.1) is 23.5 Å². The van der Waals surface area contributed by atoms with Gasteiger partial charge in [0.15, 0.2) is 0 Å². The van der Waals surface area contributed by atoms with Crippen molar-refractivity contribution in [2.45, 2.75) is 26.7 Å². The molecule has 0 spiro atoms. The van der Waals surface area contributed by atoms with Gasteiger partial charge in [-0.3, -0.25) is 14.7 Å². The summed E-state index contributed by atoms with van der Waals surface area (Å²) >= 11 is 0.